The molecule has 0 aliphatic heterocycles. The molecule has 6 heteroatoms. The highest BCUT2D eigenvalue weighted by molar-refractivity contribution is 9.10. The monoisotopic (exact) mass is 636 g/mol. The molecule has 1 N–H and O–H groups in total. The van der Waals surface area contributed by atoms with E-state index in [-0.39, 0.29) is 11.8 Å². The molecule has 5 nitrogen and oxygen atoms in total. The van der Waals surface area contributed by atoms with Gasteiger partial charge in [0.05, 0.1) is 11.4 Å². The number of carboxylic acids is 1. The zero-order valence-corrected chi connectivity index (χ0v) is 26.5. The molecule has 43 heavy (non-hydrogen) atoms. The first-order chi connectivity index (χ1) is 20.7. The van der Waals surface area contributed by atoms with Gasteiger partial charge < -0.3 is 9.84 Å². The maximum absolute atomic E-state index is 11.9. The number of aliphatic carboxylic acids is 1. The zero-order valence-electron chi connectivity index (χ0n) is 24.9. The van der Waals surface area contributed by atoms with Gasteiger partial charge in [0.1, 0.15) is 12.4 Å². The topological polar surface area (TPSA) is 64.4 Å². The minimum absolute atomic E-state index is 0.00118. The van der Waals surface area contributed by atoms with Crippen LogP contribution in [0.25, 0.3) is 22.5 Å². The quantitative estimate of drug-likeness (QED) is 0.157. The van der Waals surface area contributed by atoms with Crippen LogP contribution in [0.15, 0.2) is 108 Å². The van der Waals surface area contributed by atoms with Crippen LogP contribution < -0.4 is 4.74 Å². The molecular weight excluding hydrogens is 600 g/mol. The van der Waals surface area contributed by atoms with Crippen molar-refractivity contribution in [3.63, 3.8) is 0 Å². The van der Waals surface area contributed by atoms with Gasteiger partial charge in [-0.1, -0.05) is 116 Å². The Morgan fingerprint density at radius 2 is 1.51 bits per heavy atom. The van der Waals surface area contributed by atoms with E-state index in [1.165, 1.54) is 5.56 Å². The molecule has 5 rings (SSSR count). The maximum Gasteiger partial charge on any atom is 0.303 e. The SMILES string of the molecule is CC(C)(C)c1ccc(-c2nn(CCc3ccccc3)c(-c3ccc(Br)cc3)c2CCC(=O)O)c(OCc2ccccc2)c1. The van der Waals surface area contributed by atoms with Crippen molar-refractivity contribution >= 4 is 21.9 Å². The lowest BCUT2D eigenvalue weighted by atomic mass is 9.85. The number of halogens is 1. The Bertz CT molecular complexity index is 1670. The Hall–Kier alpha value is -4.16. The first kappa shape index (κ1) is 30.3. The van der Waals surface area contributed by atoms with Gasteiger partial charge >= 0.3 is 5.97 Å². The second-order valence-electron chi connectivity index (χ2n) is 11.8. The molecule has 1 heterocycles. The molecule has 0 bridgehead atoms. The number of aryl methyl sites for hydroxylation is 2. The molecule has 0 aliphatic carbocycles. The van der Waals surface area contributed by atoms with E-state index in [2.05, 4.69) is 91.3 Å². The van der Waals surface area contributed by atoms with Gasteiger partial charge in [-0.3, -0.25) is 9.48 Å². The fourth-order valence-corrected chi connectivity index (χ4v) is 5.46. The molecule has 4 aromatic carbocycles. The van der Waals surface area contributed by atoms with Crippen LogP contribution in [0, 0.1) is 0 Å². The van der Waals surface area contributed by atoms with Crippen LogP contribution in [-0.4, -0.2) is 20.9 Å². The zero-order chi connectivity index (χ0) is 30.4. The van der Waals surface area contributed by atoms with E-state index in [1.807, 2.05) is 53.2 Å². The van der Waals surface area contributed by atoms with E-state index < -0.39 is 5.97 Å². The molecule has 0 radical (unpaired) electrons. The van der Waals surface area contributed by atoms with E-state index in [0.717, 1.165) is 55.8 Å². The maximum atomic E-state index is 11.9. The predicted molar refractivity (Wildman–Crippen MR) is 176 cm³/mol. The van der Waals surface area contributed by atoms with Crippen molar-refractivity contribution in [1.29, 1.82) is 0 Å². The molecule has 1 aromatic heterocycles. The van der Waals surface area contributed by atoms with Crippen molar-refractivity contribution in [3.8, 4) is 28.3 Å². The van der Waals surface area contributed by atoms with E-state index in [9.17, 15) is 9.90 Å². The Balaban J connectivity index is 1.67. The van der Waals surface area contributed by atoms with Gasteiger partial charge in [-0.2, -0.15) is 5.10 Å². The van der Waals surface area contributed by atoms with Crippen LogP contribution in [0.4, 0.5) is 0 Å². The molecule has 0 saturated heterocycles. The van der Waals surface area contributed by atoms with Gasteiger partial charge in [-0.05, 0) is 59.2 Å². The molecule has 0 fully saturated rings. The van der Waals surface area contributed by atoms with E-state index in [0.29, 0.717) is 19.6 Å². The number of hydrogen-bond donors (Lipinski definition) is 1. The molecule has 0 saturated carbocycles. The van der Waals surface area contributed by atoms with Crippen LogP contribution in [0.1, 0.15) is 49.4 Å². The van der Waals surface area contributed by atoms with Crippen LogP contribution in [-0.2, 0) is 36.2 Å². The Morgan fingerprint density at radius 3 is 2.14 bits per heavy atom. The van der Waals surface area contributed by atoms with Gasteiger partial charge in [-0.15, -0.1) is 0 Å². The molecule has 5 aromatic rings. The largest absolute Gasteiger partial charge is 0.488 e. The van der Waals surface area contributed by atoms with Crippen molar-refractivity contribution < 1.29 is 14.6 Å². The third-order valence-corrected chi connectivity index (χ3v) is 8.08. The lowest BCUT2D eigenvalue weighted by Gasteiger charge is -2.21. The highest BCUT2D eigenvalue weighted by Gasteiger charge is 2.25. The minimum atomic E-state index is -0.839. The van der Waals surface area contributed by atoms with Gasteiger partial charge in [0.25, 0.3) is 0 Å². The van der Waals surface area contributed by atoms with E-state index >= 15 is 0 Å². The fourth-order valence-electron chi connectivity index (χ4n) is 5.20. The summed E-state index contributed by atoms with van der Waals surface area (Å²) in [5, 5.41) is 14.9. The van der Waals surface area contributed by atoms with Crippen molar-refractivity contribution in [3.05, 3.63) is 130 Å². The average molecular weight is 638 g/mol. The number of aromatic nitrogens is 2. The summed E-state index contributed by atoms with van der Waals surface area (Å²) >= 11 is 3.56. The molecule has 220 valence electrons. The van der Waals surface area contributed by atoms with Crippen LogP contribution in [0.2, 0.25) is 0 Å². The normalized spacial score (nSPS) is 11.4. The van der Waals surface area contributed by atoms with Gasteiger partial charge in [0, 0.05) is 34.1 Å². The lowest BCUT2D eigenvalue weighted by molar-refractivity contribution is -0.136. The number of carbonyl (C=O) groups is 1. The van der Waals surface area contributed by atoms with Crippen molar-refractivity contribution in [2.75, 3.05) is 0 Å². The smallest absolute Gasteiger partial charge is 0.303 e. The number of hydrogen-bond acceptors (Lipinski definition) is 3. The highest BCUT2D eigenvalue weighted by Crippen LogP contribution is 2.40. The molecular formula is C37H37BrN2O3. The number of nitrogens with zero attached hydrogens (tertiary/aromatic N) is 2. The van der Waals surface area contributed by atoms with Gasteiger partial charge in [0.15, 0.2) is 0 Å². The molecule has 0 atom stereocenters. The lowest BCUT2D eigenvalue weighted by Crippen LogP contribution is -2.11. The van der Waals surface area contributed by atoms with Gasteiger partial charge in [0.2, 0.25) is 0 Å². The summed E-state index contributed by atoms with van der Waals surface area (Å²) in [6.45, 7) is 7.62. The average Bonchev–Trinajstić information content (AvgIpc) is 3.36. The van der Waals surface area contributed by atoms with Gasteiger partial charge in [-0.25, -0.2) is 0 Å². The van der Waals surface area contributed by atoms with E-state index in [4.69, 9.17) is 9.84 Å². The third-order valence-electron chi connectivity index (χ3n) is 7.55. The van der Waals surface area contributed by atoms with Crippen molar-refractivity contribution in [1.82, 2.24) is 9.78 Å². The van der Waals surface area contributed by atoms with Crippen LogP contribution >= 0.6 is 15.9 Å². The summed E-state index contributed by atoms with van der Waals surface area (Å²) in [4.78, 5) is 11.9. The highest BCUT2D eigenvalue weighted by atomic mass is 79.9. The van der Waals surface area contributed by atoms with Crippen LogP contribution in [0.5, 0.6) is 5.75 Å². The minimum Gasteiger partial charge on any atom is -0.488 e. The molecule has 0 spiro atoms. The Kier molecular flexibility index (Phi) is 9.46. The summed E-state index contributed by atoms with van der Waals surface area (Å²) < 4.78 is 9.55. The summed E-state index contributed by atoms with van der Waals surface area (Å²) in [5.74, 6) is -0.101. The first-order valence-electron chi connectivity index (χ1n) is 14.6. The summed E-state index contributed by atoms with van der Waals surface area (Å²) in [5.41, 5.74) is 7.83. The Morgan fingerprint density at radius 1 is 0.860 bits per heavy atom. The summed E-state index contributed by atoms with van der Waals surface area (Å²) in [7, 11) is 0. The fraction of sp³-hybridized carbons (Fsp3) is 0.243. The first-order valence-corrected chi connectivity index (χ1v) is 15.4. The number of benzene rings is 4. The van der Waals surface area contributed by atoms with Crippen LogP contribution in [0.3, 0.4) is 0 Å². The van der Waals surface area contributed by atoms with Crippen molar-refractivity contribution in [2.24, 2.45) is 0 Å². The number of carboxylic acid groups (broad SMARTS) is 1. The Labute approximate surface area is 262 Å². The van der Waals surface area contributed by atoms with Crippen molar-refractivity contribution in [2.45, 2.75) is 58.6 Å². The summed E-state index contributed by atoms with van der Waals surface area (Å²) in [6, 6.07) is 34.9. The molecule has 0 aliphatic rings. The van der Waals surface area contributed by atoms with E-state index in [1.54, 1.807) is 0 Å². The standard InChI is InChI=1S/C37H37BrN2O3/c1-37(2,3)29-16-19-31(33(24-29)43-25-27-12-8-5-9-13-27)35-32(20-21-34(41)42)36(28-14-17-30(38)18-15-28)40(39-35)23-22-26-10-6-4-7-11-26/h4-19,24H,20-23,25H2,1-3H3,(H,41,42). The second-order valence-corrected chi connectivity index (χ2v) is 12.7. The third kappa shape index (κ3) is 7.63. The number of ether oxygens (including phenoxy) is 1. The second kappa shape index (κ2) is 13.4. The number of rotatable bonds is 11. The summed E-state index contributed by atoms with van der Waals surface area (Å²) in [6.07, 6.45) is 1.14. The predicted octanol–water partition coefficient (Wildman–Crippen LogP) is 9.12. The molecule has 0 amide bonds. The molecule has 0 unspecified atom stereocenters.